The van der Waals surface area contributed by atoms with Crippen LogP contribution in [0.1, 0.15) is 48.2 Å². The number of aryl methyl sites for hydroxylation is 2. The Morgan fingerprint density at radius 2 is 1.78 bits per heavy atom. The predicted octanol–water partition coefficient (Wildman–Crippen LogP) is 4.39. The van der Waals surface area contributed by atoms with Crippen LogP contribution in [0.3, 0.4) is 0 Å². The first-order valence-electron chi connectivity index (χ1n) is 8.33. The molecule has 2 heterocycles. The second-order valence-corrected chi connectivity index (χ2v) is 6.44. The Morgan fingerprint density at radius 3 is 2.35 bits per heavy atom. The Bertz CT molecular complexity index is 711. The van der Waals surface area contributed by atoms with E-state index in [2.05, 4.69) is 47.1 Å². The molecular formula is C20H23N3. The number of likely N-dealkylation sites (tertiary alicyclic amines) is 1. The molecule has 0 radical (unpaired) electrons. The molecule has 1 atom stereocenters. The molecule has 2 aromatic rings. The van der Waals surface area contributed by atoms with E-state index in [-0.39, 0.29) is 0 Å². The first kappa shape index (κ1) is 15.7. The number of nitrogens with zero attached hydrogens (tertiary/aromatic N) is 3. The highest BCUT2D eigenvalue weighted by Crippen LogP contribution is 2.27. The van der Waals surface area contributed by atoms with Crippen LogP contribution < -0.4 is 0 Å². The van der Waals surface area contributed by atoms with Crippen molar-refractivity contribution in [2.45, 2.75) is 39.7 Å². The minimum atomic E-state index is 0.476. The second kappa shape index (κ2) is 6.52. The monoisotopic (exact) mass is 305 g/mol. The van der Waals surface area contributed by atoms with E-state index in [1.165, 1.54) is 31.5 Å². The summed E-state index contributed by atoms with van der Waals surface area (Å²) in [6, 6.07) is 13.4. The van der Waals surface area contributed by atoms with Crippen LogP contribution in [0.15, 0.2) is 30.3 Å². The Balaban J connectivity index is 1.86. The van der Waals surface area contributed by atoms with Crippen LogP contribution in [0.25, 0.3) is 11.3 Å². The fraction of sp³-hybridized carbons (Fsp3) is 0.400. The lowest BCUT2D eigenvalue weighted by molar-refractivity contribution is 0.263. The molecule has 1 saturated heterocycles. The van der Waals surface area contributed by atoms with Crippen molar-refractivity contribution in [1.82, 2.24) is 9.88 Å². The minimum Gasteiger partial charge on any atom is -0.297 e. The molecule has 0 N–H and O–H groups in total. The number of nitriles is 1. The van der Waals surface area contributed by atoms with Crippen LogP contribution >= 0.6 is 0 Å². The van der Waals surface area contributed by atoms with Crippen molar-refractivity contribution >= 4 is 0 Å². The Morgan fingerprint density at radius 1 is 1.13 bits per heavy atom. The lowest BCUT2D eigenvalue weighted by Crippen LogP contribution is -2.23. The molecule has 0 amide bonds. The molecule has 118 valence electrons. The van der Waals surface area contributed by atoms with E-state index in [1.807, 2.05) is 19.9 Å². The molecule has 0 aliphatic carbocycles. The predicted molar refractivity (Wildman–Crippen MR) is 93.1 cm³/mol. The normalized spacial score (nSPS) is 16.3. The van der Waals surface area contributed by atoms with Gasteiger partial charge >= 0.3 is 0 Å². The smallest absolute Gasteiger partial charge is 0.101 e. The van der Waals surface area contributed by atoms with E-state index in [9.17, 15) is 0 Å². The summed E-state index contributed by atoms with van der Waals surface area (Å²) >= 11 is 0. The molecule has 1 fully saturated rings. The van der Waals surface area contributed by atoms with E-state index in [0.29, 0.717) is 11.6 Å². The average Bonchev–Trinajstić information content (AvgIpc) is 3.08. The van der Waals surface area contributed by atoms with Crippen molar-refractivity contribution in [2.24, 2.45) is 0 Å². The van der Waals surface area contributed by atoms with Gasteiger partial charge in [0.05, 0.1) is 17.0 Å². The van der Waals surface area contributed by atoms with Crippen LogP contribution in [0.2, 0.25) is 0 Å². The van der Waals surface area contributed by atoms with Gasteiger partial charge in [-0.15, -0.1) is 0 Å². The Labute approximate surface area is 138 Å². The highest BCUT2D eigenvalue weighted by molar-refractivity contribution is 5.62. The maximum absolute atomic E-state index is 9.17. The molecule has 1 aliphatic heterocycles. The summed E-state index contributed by atoms with van der Waals surface area (Å²) in [5.74, 6) is 0. The second-order valence-electron chi connectivity index (χ2n) is 6.44. The van der Waals surface area contributed by atoms with Gasteiger partial charge in [-0.3, -0.25) is 9.88 Å². The van der Waals surface area contributed by atoms with Crippen LogP contribution in [-0.4, -0.2) is 23.0 Å². The number of hydrogen-bond donors (Lipinski definition) is 0. The minimum absolute atomic E-state index is 0.476. The zero-order chi connectivity index (χ0) is 16.4. The summed E-state index contributed by atoms with van der Waals surface area (Å²) in [6.07, 6.45) is 2.63. The summed E-state index contributed by atoms with van der Waals surface area (Å²) < 4.78 is 0. The molecular weight excluding hydrogens is 282 g/mol. The van der Waals surface area contributed by atoms with Crippen molar-refractivity contribution in [3.8, 4) is 17.3 Å². The summed E-state index contributed by atoms with van der Waals surface area (Å²) in [5, 5.41) is 9.17. The molecule has 1 unspecified atom stereocenters. The van der Waals surface area contributed by atoms with Gasteiger partial charge in [0.15, 0.2) is 0 Å². The number of benzene rings is 1. The maximum atomic E-state index is 9.17. The molecule has 0 bridgehead atoms. The third kappa shape index (κ3) is 3.13. The lowest BCUT2D eigenvalue weighted by atomic mass is 10.0. The fourth-order valence-electron chi connectivity index (χ4n) is 3.42. The number of pyridine rings is 1. The van der Waals surface area contributed by atoms with Crippen molar-refractivity contribution in [1.29, 1.82) is 5.26 Å². The van der Waals surface area contributed by atoms with Crippen LogP contribution in [0.4, 0.5) is 0 Å². The van der Waals surface area contributed by atoms with E-state index < -0.39 is 0 Å². The van der Waals surface area contributed by atoms with Gasteiger partial charge in [0.1, 0.15) is 6.07 Å². The van der Waals surface area contributed by atoms with Crippen molar-refractivity contribution in [3.05, 3.63) is 52.7 Å². The lowest BCUT2D eigenvalue weighted by Gasteiger charge is -2.24. The molecule has 1 aromatic carbocycles. The topological polar surface area (TPSA) is 39.9 Å². The van der Waals surface area contributed by atoms with Crippen molar-refractivity contribution in [2.75, 3.05) is 13.1 Å². The molecule has 3 nitrogen and oxygen atoms in total. The Kier molecular flexibility index (Phi) is 4.45. The summed E-state index contributed by atoms with van der Waals surface area (Å²) in [5.41, 5.74) is 5.89. The summed E-state index contributed by atoms with van der Waals surface area (Å²) in [4.78, 5) is 7.14. The number of aromatic nitrogens is 1. The molecule has 1 aromatic heterocycles. The molecule has 0 spiro atoms. The van der Waals surface area contributed by atoms with E-state index >= 15 is 0 Å². The first-order chi connectivity index (χ1) is 11.1. The SMILES string of the molecule is Cc1cc(-c2ccc(C(C)N3CCCC3)cc2)nc(C)c1C#N. The maximum Gasteiger partial charge on any atom is 0.101 e. The van der Waals surface area contributed by atoms with Crippen LogP contribution in [0, 0.1) is 25.2 Å². The zero-order valence-electron chi connectivity index (χ0n) is 14.1. The molecule has 3 heteroatoms. The van der Waals surface area contributed by atoms with E-state index in [1.54, 1.807) is 0 Å². The zero-order valence-corrected chi connectivity index (χ0v) is 14.1. The molecule has 1 aliphatic rings. The van der Waals surface area contributed by atoms with Gasteiger partial charge < -0.3 is 0 Å². The summed E-state index contributed by atoms with van der Waals surface area (Å²) in [7, 11) is 0. The molecule has 3 rings (SSSR count). The third-order valence-corrected chi connectivity index (χ3v) is 4.89. The molecule has 0 saturated carbocycles. The van der Waals surface area contributed by atoms with Gasteiger partial charge in [-0.2, -0.15) is 5.26 Å². The first-order valence-corrected chi connectivity index (χ1v) is 8.33. The number of hydrogen-bond acceptors (Lipinski definition) is 3. The van der Waals surface area contributed by atoms with Gasteiger partial charge in [0, 0.05) is 11.6 Å². The Hall–Kier alpha value is -2.18. The third-order valence-electron chi connectivity index (χ3n) is 4.89. The largest absolute Gasteiger partial charge is 0.297 e. The standard InChI is InChI=1S/C20H23N3/c1-14-12-20(22-15(2)19(14)13-21)18-8-6-17(7-9-18)16(3)23-10-4-5-11-23/h6-9,12,16H,4-5,10-11H2,1-3H3. The van der Waals surface area contributed by atoms with Gasteiger partial charge in [0.2, 0.25) is 0 Å². The van der Waals surface area contributed by atoms with Gasteiger partial charge in [-0.1, -0.05) is 24.3 Å². The van der Waals surface area contributed by atoms with Gasteiger partial charge in [0.25, 0.3) is 0 Å². The van der Waals surface area contributed by atoms with Gasteiger partial charge in [-0.05, 0) is 63.9 Å². The van der Waals surface area contributed by atoms with Crippen LogP contribution in [-0.2, 0) is 0 Å². The highest BCUT2D eigenvalue weighted by atomic mass is 15.2. The molecule has 23 heavy (non-hydrogen) atoms. The quantitative estimate of drug-likeness (QED) is 0.844. The van der Waals surface area contributed by atoms with E-state index in [4.69, 9.17) is 5.26 Å². The fourth-order valence-corrected chi connectivity index (χ4v) is 3.42. The van der Waals surface area contributed by atoms with Crippen molar-refractivity contribution in [3.63, 3.8) is 0 Å². The number of rotatable bonds is 3. The van der Waals surface area contributed by atoms with Gasteiger partial charge in [-0.25, -0.2) is 0 Å². The average molecular weight is 305 g/mol. The summed E-state index contributed by atoms with van der Waals surface area (Å²) in [6.45, 7) is 8.57. The van der Waals surface area contributed by atoms with E-state index in [0.717, 1.165) is 22.5 Å². The van der Waals surface area contributed by atoms with Crippen molar-refractivity contribution < 1.29 is 0 Å². The van der Waals surface area contributed by atoms with Crippen LogP contribution in [0.5, 0.6) is 0 Å². The highest BCUT2D eigenvalue weighted by Gasteiger charge is 2.19.